The van der Waals surface area contributed by atoms with Crippen LogP contribution in [0.2, 0.25) is 0 Å². The summed E-state index contributed by atoms with van der Waals surface area (Å²) in [6.07, 6.45) is 0.439. The van der Waals surface area contributed by atoms with Gasteiger partial charge in [0.05, 0.1) is 6.42 Å². The molecule has 3 nitrogen and oxygen atoms in total. The van der Waals surface area contributed by atoms with E-state index in [-0.39, 0.29) is 5.91 Å². The number of fused-ring (bicyclic) bond motifs is 1. The average Bonchev–Trinajstić information content (AvgIpc) is 2.39. The third-order valence-electron chi connectivity index (χ3n) is 3.11. The first-order valence-electron chi connectivity index (χ1n) is 6.55. The Morgan fingerprint density at radius 3 is 2.63 bits per heavy atom. The lowest BCUT2D eigenvalue weighted by Gasteiger charge is -2.11. The van der Waals surface area contributed by atoms with Crippen LogP contribution in [0.1, 0.15) is 5.56 Å². The molecule has 0 bridgehead atoms. The number of carbonyl (C=O) groups is 1. The van der Waals surface area contributed by atoms with Gasteiger partial charge >= 0.3 is 0 Å². The van der Waals surface area contributed by atoms with Gasteiger partial charge in [0.2, 0.25) is 5.91 Å². The second-order valence-corrected chi connectivity index (χ2v) is 4.97. The van der Waals surface area contributed by atoms with E-state index in [1.165, 1.54) is 5.39 Å². The fraction of sp³-hybridized carbons (Fsp3) is 0.312. The van der Waals surface area contributed by atoms with E-state index in [0.29, 0.717) is 13.0 Å². The number of nitrogens with zero attached hydrogens (tertiary/aromatic N) is 1. The van der Waals surface area contributed by atoms with Crippen molar-refractivity contribution < 1.29 is 4.79 Å². The van der Waals surface area contributed by atoms with Crippen molar-refractivity contribution in [2.75, 3.05) is 27.2 Å². The third-order valence-corrected chi connectivity index (χ3v) is 3.11. The highest BCUT2D eigenvalue weighted by molar-refractivity contribution is 5.90. The molecule has 0 saturated carbocycles. The van der Waals surface area contributed by atoms with E-state index in [2.05, 4.69) is 28.4 Å². The Morgan fingerprint density at radius 2 is 1.84 bits per heavy atom. The molecule has 0 aliphatic heterocycles. The zero-order valence-corrected chi connectivity index (χ0v) is 11.5. The molecule has 0 unspecified atom stereocenters. The zero-order valence-electron chi connectivity index (χ0n) is 11.5. The van der Waals surface area contributed by atoms with Crippen molar-refractivity contribution >= 4 is 16.7 Å². The molecule has 0 radical (unpaired) electrons. The quantitative estimate of drug-likeness (QED) is 0.888. The number of hydrogen-bond donors (Lipinski definition) is 1. The average molecular weight is 256 g/mol. The van der Waals surface area contributed by atoms with Gasteiger partial charge in [0.1, 0.15) is 0 Å². The molecule has 0 aliphatic carbocycles. The number of rotatable bonds is 5. The van der Waals surface area contributed by atoms with Gasteiger partial charge in [-0.1, -0.05) is 42.5 Å². The van der Waals surface area contributed by atoms with Gasteiger partial charge in [0, 0.05) is 13.1 Å². The maximum absolute atomic E-state index is 11.9. The summed E-state index contributed by atoms with van der Waals surface area (Å²) in [7, 11) is 3.99. The highest BCUT2D eigenvalue weighted by atomic mass is 16.1. The Balaban J connectivity index is 2.03. The van der Waals surface area contributed by atoms with Crippen LogP contribution in [0.25, 0.3) is 10.8 Å². The predicted molar refractivity (Wildman–Crippen MR) is 79.2 cm³/mol. The fourth-order valence-electron chi connectivity index (χ4n) is 2.10. The minimum absolute atomic E-state index is 0.0817. The maximum Gasteiger partial charge on any atom is 0.224 e. The van der Waals surface area contributed by atoms with Crippen LogP contribution in [-0.2, 0) is 11.2 Å². The molecule has 2 aromatic rings. The van der Waals surface area contributed by atoms with Gasteiger partial charge in [-0.25, -0.2) is 0 Å². The second-order valence-electron chi connectivity index (χ2n) is 4.97. The number of likely N-dealkylation sites (N-methyl/N-ethyl adjacent to an activating group) is 1. The van der Waals surface area contributed by atoms with Crippen molar-refractivity contribution in [2.45, 2.75) is 6.42 Å². The van der Waals surface area contributed by atoms with Crippen molar-refractivity contribution in [1.82, 2.24) is 10.2 Å². The largest absolute Gasteiger partial charge is 0.355 e. The lowest BCUT2D eigenvalue weighted by atomic mass is 10.0. The number of benzene rings is 2. The summed E-state index contributed by atoms with van der Waals surface area (Å²) in [5.74, 6) is 0.0817. The molecule has 0 aromatic heterocycles. The van der Waals surface area contributed by atoms with Gasteiger partial charge in [-0.15, -0.1) is 0 Å². The Bertz CT molecular complexity index is 558. The molecule has 2 rings (SSSR count). The van der Waals surface area contributed by atoms with E-state index in [4.69, 9.17) is 0 Å². The lowest BCUT2D eigenvalue weighted by molar-refractivity contribution is -0.120. The number of carbonyl (C=O) groups excluding carboxylic acids is 1. The van der Waals surface area contributed by atoms with Gasteiger partial charge in [0.25, 0.3) is 0 Å². The van der Waals surface area contributed by atoms with Gasteiger partial charge in [-0.05, 0) is 30.4 Å². The SMILES string of the molecule is CN(C)CCNC(=O)Cc1cccc2ccccc12. The summed E-state index contributed by atoms with van der Waals surface area (Å²) in [6, 6.07) is 14.3. The van der Waals surface area contributed by atoms with Crippen LogP contribution in [0.15, 0.2) is 42.5 Å². The Kier molecular flexibility index (Phi) is 4.53. The standard InChI is InChI=1S/C16H20N2O/c1-18(2)11-10-17-16(19)12-14-8-5-7-13-6-3-4-9-15(13)14/h3-9H,10-12H2,1-2H3,(H,17,19). The van der Waals surface area contributed by atoms with Gasteiger partial charge in [0.15, 0.2) is 0 Å². The van der Waals surface area contributed by atoms with Crippen LogP contribution in [0.3, 0.4) is 0 Å². The summed E-state index contributed by atoms with van der Waals surface area (Å²) < 4.78 is 0. The highest BCUT2D eigenvalue weighted by Crippen LogP contribution is 2.18. The molecule has 3 heteroatoms. The Morgan fingerprint density at radius 1 is 1.11 bits per heavy atom. The first kappa shape index (κ1) is 13.6. The Labute approximate surface area is 114 Å². The maximum atomic E-state index is 11.9. The summed E-state index contributed by atoms with van der Waals surface area (Å²) in [5.41, 5.74) is 1.08. The second kappa shape index (κ2) is 6.34. The lowest BCUT2D eigenvalue weighted by Crippen LogP contribution is -2.32. The summed E-state index contributed by atoms with van der Waals surface area (Å²) in [5, 5.41) is 5.29. The molecular weight excluding hydrogens is 236 g/mol. The van der Waals surface area contributed by atoms with E-state index in [0.717, 1.165) is 17.5 Å². The van der Waals surface area contributed by atoms with Gasteiger partial charge in [-0.2, -0.15) is 0 Å². The van der Waals surface area contributed by atoms with Crippen molar-refractivity contribution in [1.29, 1.82) is 0 Å². The summed E-state index contributed by atoms with van der Waals surface area (Å²) in [4.78, 5) is 14.0. The first-order valence-corrected chi connectivity index (χ1v) is 6.55. The molecule has 0 aliphatic rings. The molecule has 19 heavy (non-hydrogen) atoms. The monoisotopic (exact) mass is 256 g/mol. The van der Waals surface area contributed by atoms with Crippen LogP contribution in [0.4, 0.5) is 0 Å². The normalized spacial score (nSPS) is 10.9. The Hall–Kier alpha value is -1.87. The molecule has 1 N–H and O–H groups in total. The zero-order chi connectivity index (χ0) is 13.7. The van der Waals surface area contributed by atoms with Crippen molar-refractivity contribution in [2.24, 2.45) is 0 Å². The molecular formula is C16H20N2O. The molecule has 2 aromatic carbocycles. The highest BCUT2D eigenvalue weighted by Gasteiger charge is 2.06. The molecule has 1 amide bonds. The predicted octanol–water partition coefficient (Wildman–Crippen LogP) is 2.06. The molecule has 0 heterocycles. The molecule has 0 saturated heterocycles. The van der Waals surface area contributed by atoms with Crippen LogP contribution in [-0.4, -0.2) is 38.0 Å². The van der Waals surface area contributed by atoms with Gasteiger partial charge in [-0.3, -0.25) is 4.79 Å². The minimum atomic E-state index is 0.0817. The summed E-state index contributed by atoms with van der Waals surface area (Å²) >= 11 is 0. The molecule has 0 spiro atoms. The third kappa shape index (κ3) is 3.80. The number of hydrogen-bond acceptors (Lipinski definition) is 2. The number of amides is 1. The van der Waals surface area contributed by atoms with Crippen molar-refractivity contribution in [3.05, 3.63) is 48.0 Å². The van der Waals surface area contributed by atoms with Gasteiger partial charge < -0.3 is 10.2 Å². The molecule has 0 atom stereocenters. The van der Waals surface area contributed by atoms with Crippen LogP contribution >= 0.6 is 0 Å². The fourth-order valence-corrected chi connectivity index (χ4v) is 2.10. The van der Waals surface area contributed by atoms with Crippen LogP contribution in [0.5, 0.6) is 0 Å². The van der Waals surface area contributed by atoms with E-state index in [1.807, 2.05) is 38.4 Å². The van der Waals surface area contributed by atoms with Crippen molar-refractivity contribution in [3.63, 3.8) is 0 Å². The van der Waals surface area contributed by atoms with Crippen molar-refractivity contribution in [3.8, 4) is 0 Å². The topological polar surface area (TPSA) is 32.3 Å². The van der Waals surface area contributed by atoms with E-state index in [9.17, 15) is 4.79 Å². The van der Waals surface area contributed by atoms with Crippen LogP contribution in [0, 0.1) is 0 Å². The number of nitrogens with one attached hydrogen (secondary N) is 1. The van der Waals surface area contributed by atoms with Crippen LogP contribution < -0.4 is 5.32 Å². The van der Waals surface area contributed by atoms with E-state index in [1.54, 1.807) is 0 Å². The molecule has 100 valence electrons. The first-order chi connectivity index (χ1) is 9.16. The van der Waals surface area contributed by atoms with E-state index >= 15 is 0 Å². The molecule has 0 fully saturated rings. The smallest absolute Gasteiger partial charge is 0.224 e. The van der Waals surface area contributed by atoms with E-state index < -0.39 is 0 Å². The summed E-state index contributed by atoms with van der Waals surface area (Å²) in [6.45, 7) is 1.55. The minimum Gasteiger partial charge on any atom is -0.355 e.